The molecule has 0 unspecified atom stereocenters. The Kier molecular flexibility index (Phi) is 7.59. The van der Waals surface area contributed by atoms with Crippen molar-refractivity contribution in [1.82, 2.24) is 4.98 Å². The number of fused-ring (bicyclic) bond motifs is 1. The van der Waals surface area contributed by atoms with E-state index in [2.05, 4.69) is 41.5 Å². The number of pyridine rings is 1. The number of aromatic nitrogens is 1. The second kappa shape index (κ2) is 11.6. The Morgan fingerprint density at radius 3 is 2.26 bits per heavy atom. The quantitative estimate of drug-likeness (QED) is 0.276. The van der Waals surface area contributed by atoms with Crippen molar-refractivity contribution in [2.75, 3.05) is 31.5 Å². The summed E-state index contributed by atoms with van der Waals surface area (Å²) >= 11 is 0. The molecule has 1 N–H and O–H groups in total. The Hall–Kier alpha value is -5.11. The minimum absolute atomic E-state index is 0.0105. The smallest absolute Gasteiger partial charge is 0.259 e. The van der Waals surface area contributed by atoms with Gasteiger partial charge >= 0.3 is 0 Å². The molecule has 0 spiro atoms. The molecular formula is C35H33N3O5. The number of Topliss-reactive ketones (excluding diaryl/α,β-unsaturated/α-hetero) is 1. The summed E-state index contributed by atoms with van der Waals surface area (Å²) in [5.74, 6) is 0.780. The third-order valence-electron chi connectivity index (χ3n) is 8.17. The van der Waals surface area contributed by atoms with E-state index in [-0.39, 0.29) is 17.6 Å². The number of ketones is 1. The molecule has 1 aliphatic heterocycles. The van der Waals surface area contributed by atoms with Crippen LogP contribution in [0, 0.1) is 6.92 Å². The second-order valence-electron chi connectivity index (χ2n) is 10.8. The summed E-state index contributed by atoms with van der Waals surface area (Å²) in [7, 11) is 4.54. The SMILES string of the molecule is COc1cc(C(=O)N2c3ccccc3NC3=C(C(=O)C[C@@H](c4ccc(C)cc4)C3)[C@H]2c2cccnc2)cc(OC)c1OC. The Morgan fingerprint density at radius 2 is 1.60 bits per heavy atom. The largest absolute Gasteiger partial charge is 0.493 e. The van der Waals surface area contributed by atoms with Crippen LogP contribution in [-0.2, 0) is 4.79 Å². The monoisotopic (exact) mass is 575 g/mol. The third-order valence-corrected chi connectivity index (χ3v) is 8.17. The molecular weight excluding hydrogens is 542 g/mol. The lowest BCUT2D eigenvalue weighted by Gasteiger charge is -2.35. The van der Waals surface area contributed by atoms with Gasteiger partial charge in [-0.15, -0.1) is 0 Å². The van der Waals surface area contributed by atoms with Gasteiger partial charge in [0.25, 0.3) is 5.91 Å². The molecule has 4 aromatic rings. The number of amides is 1. The lowest BCUT2D eigenvalue weighted by molar-refractivity contribution is -0.116. The molecule has 3 aromatic carbocycles. The van der Waals surface area contributed by atoms with Gasteiger partial charge in [-0.05, 0) is 60.7 Å². The summed E-state index contributed by atoms with van der Waals surface area (Å²) in [5.41, 5.74) is 6.10. The first-order valence-corrected chi connectivity index (χ1v) is 14.2. The number of allylic oxidation sites excluding steroid dienone is 1. The van der Waals surface area contributed by atoms with E-state index in [1.807, 2.05) is 36.4 Å². The van der Waals surface area contributed by atoms with Crippen molar-refractivity contribution in [3.63, 3.8) is 0 Å². The Balaban J connectivity index is 1.55. The topological polar surface area (TPSA) is 90.0 Å². The van der Waals surface area contributed by atoms with Crippen LogP contribution in [0.2, 0.25) is 0 Å². The van der Waals surface area contributed by atoms with E-state index in [4.69, 9.17) is 14.2 Å². The van der Waals surface area contributed by atoms with Crippen LogP contribution in [0.15, 0.2) is 96.5 Å². The zero-order chi connectivity index (χ0) is 30.1. The van der Waals surface area contributed by atoms with Gasteiger partial charge in [-0.1, -0.05) is 48.0 Å². The maximum absolute atomic E-state index is 14.7. The number of rotatable bonds is 6. The summed E-state index contributed by atoms with van der Waals surface area (Å²) < 4.78 is 16.6. The Labute approximate surface area is 250 Å². The molecule has 8 nitrogen and oxygen atoms in total. The van der Waals surface area contributed by atoms with Crippen molar-refractivity contribution in [2.24, 2.45) is 0 Å². The van der Waals surface area contributed by atoms with Gasteiger partial charge in [0.1, 0.15) is 0 Å². The first kappa shape index (κ1) is 28.0. The minimum Gasteiger partial charge on any atom is -0.493 e. The number of benzene rings is 3. The van der Waals surface area contributed by atoms with E-state index < -0.39 is 6.04 Å². The zero-order valence-corrected chi connectivity index (χ0v) is 24.6. The van der Waals surface area contributed by atoms with Gasteiger partial charge in [0, 0.05) is 35.6 Å². The standard InChI is InChI=1S/C35H33N3O5/c1-21-11-13-22(14-12-21)24-16-27-32(29(39)17-24)33(23-8-7-15-36-20-23)38(28-10-6-5-9-26(28)37-27)35(40)25-18-30(41-2)34(43-4)31(19-25)42-3/h5-15,18-20,24,33,37H,16-17H2,1-4H3/t24-,33+/m0/s1. The lowest BCUT2D eigenvalue weighted by atomic mass is 9.78. The molecule has 2 atom stereocenters. The van der Waals surface area contributed by atoms with Crippen LogP contribution >= 0.6 is 0 Å². The number of hydrogen-bond acceptors (Lipinski definition) is 7. The van der Waals surface area contributed by atoms with Crippen LogP contribution in [0.4, 0.5) is 11.4 Å². The van der Waals surface area contributed by atoms with Crippen LogP contribution in [-0.4, -0.2) is 38.0 Å². The predicted molar refractivity (Wildman–Crippen MR) is 165 cm³/mol. The van der Waals surface area contributed by atoms with E-state index in [1.165, 1.54) is 26.9 Å². The summed E-state index contributed by atoms with van der Waals surface area (Å²) in [4.78, 5) is 35.0. The molecule has 0 radical (unpaired) electrons. The Bertz CT molecular complexity index is 1690. The number of ether oxygens (including phenoxy) is 3. The zero-order valence-electron chi connectivity index (χ0n) is 24.6. The minimum atomic E-state index is -0.724. The predicted octanol–water partition coefficient (Wildman–Crippen LogP) is 6.63. The summed E-state index contributed by atoms with van der Waals surface area (Å²) in [6.07, 6.45) is 4.37. The average Bonchev–Trinajstić information content (AvgIpc) is 3.19. The maximum Gasteiger partial charge on any atom is 0.259 e. The molecule has 2 aliphatic rings. The highest BCUT2D eigenvalue weighted by Gasteiger charge is 2.42. The summed E-state index contributed by atoms with van der Waals surface area (Å²) in [6, 6.07) is 22.3. The first-order valence-electron chi connectivity index (χ1n) is 14.2. The molecule has 0 bridgehead atoms. The molecule has 1 amide bonds. The normalized spacial score (nSPS) is 17.8. The van der Waals surface area contributed by atoms with Gasteiger partial charge < -0.3 is 19.5 Å². The van der Waals surface area contributed by atoms with Crippen LogP contribution < -0.4 is 24.4 Å². The molecule has 43 heavy (non-hydrogen) atoms. The second-order valence-corrected chi connectivity index (χ2v) is 10.8. The van der Waals surface area contributed by atoms with Gasteiger partial charge in [0.15, 0.2) is 17.3 Å². The average molecular weight is 576 g/mol. The first-order chi connectivity index (χ1) is 20.9. The van der Waals surface area contributed by atoms with E-state index in [0.29, 0.717) is 46.9 Å². The number of nitrogens with zero attached hydrogens (tertiary/aromatic N) is 2. The van der Waals surface area contributed by atoms with Crippen molar-refractivity contribution in [3.8, 4) is 17.2 Å². The van der Waals surface area contributed by atoms with Crippen LogP contribution in [0.3, 0.4) is 0 Å². The Morgan fingerprint density at radius 1 is 0.884 bits per heavy atom. The fourth-order valence-corrected chi connectivity index (χ4v) is 6.08. The van der Waals surface area contributed by atoms with Crippen LogP contribution in [0.25, 0.3) is 0 Å². The van der Waals surface area contributed by atoms with Crippen molar-refractivity contribution in [2.45, 2.75) is 31.7 Å². The molecule has 0 fully saturated rings. The van der Waals surface area contributed by atoms with E-state index in [9.17, 15) is 9.59 Å². The molecule has 0 saturated heterocycles. The van der Waals surface area contributed by atoms with Crippen LogP contribution in [0.1, 0.15) is 51.8 Å². The molecule has 0 saturated carbocycles. The van der Waals surface area contributed by atoms with Gasteiger partial charge in [-0.2, -0.15) is 0 Å². The molecule has 2 heterocycles. The van der Waals surface area contributed by atoms with Crippen molar-refractivity contribution in [3.05, 3.63) is 119 Å². The summed E-state index contributed by atoms with van der Waals surface area (Å²) in [5, 5.41) is 3.58. The number of methoxy groups -OCH3 is 3. The van der Waals surface area contributed by atoms with Crippen molar-refractivity contribution >= 4 is 23.1 Å². The fraction of sp³-hybridized carbons (Fsp3) is 0.229. The van der Waals surface area contributed by atoms with E-state index in [0.717, 1.165) is 22.5 Å². The van der Waals surface area contributed by atoms with Crippen LogP contribution in [0.5, 0.6) is 17.2 Å². The molecule has 1 aromatic heterocycles. The summed E-state index contributed by atoms with van der Waals surface area (Å²) in [6.45, 7) is 2.05. The number of carbonyl (C=O) groups excluding carboxylic acids is 2. The van der Waals surface area contributed by atoms with Gasteiger partial charge in [0.2, 0.25) is 5.75 Å². The van der Waals surface area contributed by atoms with E-state index in [1.54, 1.807) is 29.4 Å². The van der Waals surface area contributed by atoms with Crippen molar-refractivity contribution in [1.29, 1.82) is 0 Å². The molecule has 1 aliphatic carbocycles. The van der Waals surface area contributed by atoms with Crippen molar-refractivity contribution < 1.29 is 23.8 Å². The lowest BCUT2D eigenvalue weighted by Crippen LogP contribution is -2.38. The molecule has 218 valence electrons. The van der Waals surface area contributed by atoms with E-state index >= 15 is 0 Å². The molecule has 6 rings (SSSR count). The number of para-hydroxylation sites is 2. The van der Waals surface area contributed by atoms with Gasteiger partial charge in [0.05, 0.1) is 38.7 Å². The fourth-order valence-electron chi connectivity index (χ4n) is 6.08. The number of nitrogens with one attached hydrogen (secondary N) is 1. The molecule has 8 heteroatoms. The number of anilines is 2. The maximum atomic E-state index is 14.7. The third kappa shape index (κ3) is 5.09. The number of hydrogen-bond donors (Lipinski definition) is 1. The highest BCUT2D eigenvalue weighted by molar-refractivity contribution is 6.12. The number of carbonyl (C=O) groups is 2. The highest BCUT2D eigenvalue weighted by atomic mass is 16.5. The highest BCUT2D eigenvalue weighted by Crippen LogP contribution is 2.48. The number of aryl methyl sites for hydroxylation is 1. The van der Waals surface area contributed by atoms with Gasteiger partial charge in [-0.3, -0.25) is 19.5 Å². The van der Waals surface area contributed by atoms with Gasteiger partial charge in [-0.25, -0.2) is 0 Å².